The van der Waals surface area contributed by atoms with E-state index in [0.717, 1.165) is 0 Å². The number of fused-ring (bicyclic) bond motifs is 2. The average Bonchev–Trinajstić information content (AvgIpc) is 2.51. The minimum Gasteiger partial charge on any atom is -0.495 e. The molecule has 8 heteroatoms. The largest absolute Gasteiger partial charge is 0.495 e. The second kappa shape index (κ2) is 5.41. The number of ether oxygens (including phenoxy) is 2. The van der Waals surface area contributed by atoms with E-state index in [0.29, 0.717) is 22.7 Å². The fourth-order valence-corrected chi connectivity index (χ4v) is 2.56. The van der Waals surface area contributed by atoms with Crippen molar-refractivity contribution in [3.8, 4) is 11.5 Å². The maximum atomic E-state index is 12.3. The second-order valence-electron chi connectivity index (χ2n) is 5.03. The molecule has 8 nitrogen and oxygen atoms in total. The van der Waals surface area contributed by atoms with Crippen LogP contribution < -0.4 is 31.9 Å². The van der Waals surface area contributed by atoms with Gasteiger partial charge < -0.3 is 13.9 Å². The molecule has 1 unspecified atom stereocenters. The minimum absolute atomic E-state index is 0.120. The van der Waals surface area contributed by atoms with Crippen LogP contribution in [0.4, 0.5) is 0 Å². The lowest BCUT2D eigenvalue weighted by Gasteiger charge is -2.24. The highest BCUT2D eigenvalue weighted by Gasteiger charge is 2.28. The second-order valence-corrected chi connectivity index (χ2v) is 5.03. The van der Waals surface area contributed by atoms with Gasteiger partial charge in [0.05, 0.1) is 18.2 Å². The first-order valence-corrected chi connectivity index (χ1v) is 6.76. The number of rotatable bonds is 2. The van der Waals surface area contributed by atoms with Crippen molar-refractivity contribution in [3.05, 3.63) is 39.3 Å². The van der Waals surface area contributed by atoms with Crippen molar-refractivity contribution in [2.45, 2.75) is 13.2 Å². The van der Waals surface area contributed by atoms with Crippen molar-refractivity contribution in [1.82, 2.24) is 5.43 Å². The molecule has 0 bridgehead atoms. The zero-order chi connectivity index (χ0) is 16.7. The number of carbonyl (C=O) groups is 1. The Balaban J connectivity index is 2.36. The predicted octanol–water partition coefficient (Wildman–Crippen LogP) is 0.161. The molecule has 2 aromatic rings. The molecule has 1 aliphatic rings. The van der Waals surface area contributed by atoms with Crippen LogP contribution in [0.3, 0.4) is 0 Å². The Bertz CT molecular complexity index is 900. The normalized spacial score (nSPS) is 16.3. The summed E-state index contributed by atoms with van der Waals surface area (Å²) in [6, 6.07) is 2.92. The van der Waals surface area contributed by atoms with Gasteiger partial charge in [-0.3, -0.25) is 20.7 Å². The summed E-state index contributed by atoms with van der Waals surface area (Å²) in [6.45, 7) is 1.67. The van der Waals surface area contributed by atoms with Crippen LogP contribution in [0.1, 0.15) is 11.3 Å². The van der Waals surface area contributed by atoms with Crippen LogP contribution in [-0.2, 0) is 4.79 Å². The van der Waals surface area contributed by atoms with Crippen LogP contribution in [0.2, 0.25) is 0 Å². The van der Waals surface area contributed by atoms with Crippen molar-refractivity contribution in [3.63, 3.8) is 0 Å². The van der Waals surface area contributed by atoms with Gasteiger partial charge in [-0.25, -0.2) is 5.84 Å². The summed E-state index contributed by atoms with van der Waals surface area (Å²) in [5, 5.41) is 0.264. The van der Waals surface area contributed by atoms with Gasteiger partial charge in [-0.05, 0) is 13.0 Å². The summed E-state index contributed by atoms with van der Waals surface area (Å²) >= 11 is 0. The molecule has 0 fully saturated rings. The third-order valence-electron chi connectivity index (χ3n) is 3.56. The van der Waals surface area contributed by atoms with Crippen molar-refractivity contribution in [1.29, 1.82) is 0 Å². The lowest BCUT2D eigenvalue weighted by atomic mass is 10.0. The van der Waals surface area contributed by atoms with Crippen molar-refractivity contribution in [2.75, 3.05) is 7.11 Å². The summed E-state index contributed by atoms with van der Waals surface area (Å²) in [4.78, 5) is 24.1. The quantitative estimate of drug-likeness (QED) is 0.408. The molecule has 0 saturated heterocycles. The van der Waals surface area contributed by atoms with E-state index in [2.05, 4.69) is 0 Å². The molecule has 1 aromatic carbocycles. The van der Waals surface area contributed by atoms with E-state index in [9.17, 15) is 9.59 Å². The Morgan fingerprint density at radius 3 is 2.78 bits per heavy atom. The number of hydrogen-bond acceptors (Lipinski definition) is 7. The lowest BCUT2D eigenvalue weighted by Crippen LogP contribution is -2.42. The molecule has 1 aliphatic heterocycles. The minimum atomic E-state index is -0.996. The Morgan fingerprint density at radius 2 is 2.13 bits per heavy atom. The van der Waals surface area contributed by atoms with Gasteiger partial charge in [0.1, 0.15) is 28.2 Å². The molecule has 2 heterocycles. The topological polar surface area (TPSA) is 130 Å². The highest BCUT2D eigenvalue weighted by atomic mass is 16.5. The van der Waals surface area contributed by atoms with Crippen LogP contribution in [0, 0.1) is 6.92 Å². The Hall–Kier alpha value is -2.84. The molecule has 23 heavy (non-hydrogen) atoms. The molecule has 5 N–H and O–H groups in total. The lowest BCUT2D eigenvalue weighted by molar-refractivity contribution is -0.118. The number of nitrogens with one attached hydrogen (secondary N) is 1. The summed E-state index contributed by atoms with van der Waals surface area (Å²) in [5.74, 6) is 5.62. The fraction of sp³-hybridized carbons (Fsp3) is 0.200. The fourth-order valence-electron chi connectivity index (χ4n) is 2.56. The smallest absolute Gasteiger partial charge is 0.266 e. The van der Waals surface area contributed by atoms with E-state index in [-0.39, 0.29) is 22.1 Å². The number of aryl methyl sites for hydroxylation is 1. The van der Waals surface area contributed by atoms with E-state index in [4.69, 9.17) is 25.5 Å². The van der Waals surface area contributed by atoms with E-state index in [1.807, 2.05) is 5.43 Å². The first kappa shape index (κ1) is 15.1. The van der Waals surface area contributed by atoms with E-state index in [1.165, 1.54) is 19.3 Å². The molecule has 0 spiro atoms. The van der Waals surface area contributed by atoms with Crippen LogP contribution >= 0.6 is 0 Å². The van der Waals surface area contributed by atoms with Gasteiger partial charge in [0.25, 0.3) is 5.91 Å². The van der Waals surface area contributed by atoms with Crippen molar-refractivity contribution < 1.29 is 18.7 Å². The third-order valence-corrected chi connectivity index (χ3v) is 3.56. The van der Waals surface area contributed by atoms with Crippen LogP contribution in [0.5, 0.6) is 11.5 Å². The standard InChI is InChI=1S/C15H15N3O5/c1-6-3-9(19)12-11(22-6)5-10-7(13(12)21-2)4-8(14(16)23-10)15(20)18-17/h3-5,14H,16-17H2,1-2H3,(H,18,20). The van der Waals surface area contributed by atoms with E-state index in [1.54, 1.807) is 13.0 Å². The number of amides is 1. The SMILES string of the molecule is COc1c2c(cc3oc(C)cc(=O)c13)OC(N)C(C(=O)NN)=C2. The molecule has 1 aromatic heterocycles. The molecule has 3 rings (SSSR count). The number of hydrogen-bond donors (Lipinski definition) is 3. The number of hydrazine groups is 1. The molecule has 1 atom stereocenters. The molecule has 0 radical (unpaired) electrons. The van der Waals surface area contributed by atoms with Gasteiger partial charge in [-0.2, -0.15) is 0 Å². The maximum Gasteiger partial charge on any atom is 0.266 e. The van der Waals surface area contributed by atoms with Crippen LogP contribution in [-0.4, -0.2) is 19.2 Å². The number of nitrogens with two attached hydrogens (primary N) is 2. The molecule has 1 amide bonds. The van der Waals surface area contributed by atoms with Crippen molar-refractivity contribution in [2.24, 2.45) is 11.6 Å². The highest BCUT2D eigenvalue weighted by molar-refractivity contribution is 6.02. The Morgan fingerprint density at radius 1 is 1.39 bits per heavy atom. The predicted molar refractivity (Wildman–Crippen MR) is 82.7 cm³/mol. The first-order chi connectivity index (χ1) is 11.0. The summed E-state index contributed by atoms with van der Waals surface area (Å²) < 4.78 is 16.5. The molecule has 120 valence electrons. The van der Waals surface area contributed by atoms with E-state index < -0.39 is 12.1 Å². The number of methoxy groups -OCH3 is 1. The zero-order valence-electron chi connectivity index (χ0n) is 12.5. The average molecular weight is 317 g/mol. The summed E-state index contributed by atoms with van der Waals surface area (Å²) in [6.07, 6.45) is 0.494. The Labute approximate surface area is 130 Å². The molecular formula is C15H15N3O5. The van der Waals surface area contributed by atoms with Gasteiger partial charge in [-0.15, -0.1) is 0 Å². The molecule has 0 aliphatic carbocycles. The van der Waals surface area contributed by atoms with Gasteiger partial charge in [0.2, 0.25) is 0 Å². The zero-order valence-corrected chi connectivity index (χ0v) is 12.5. The summed E-state index contributed by atoms with van der Waals surface area (Å²) in [5.41, 5.74) is 8.44. The van der Waals surface area contributed by atoms with Gasteiger partial charge >= 0.3 is 0 Å². The maximum absolute atomic E-state index is 12.3. The number of benzene rings is 1. The van der Waals surface area contributed by atoms with Gasteiger partial charge in [-0.1, -0.05) is 0 Å². The monoisotopic (exact) mass is 317 g/mol. The van der Waals surface area contributed by atoms with Crippen LogP contribution in [0.25, 0.3) is 17.0 Å². The molecular weight excluding hydrogens is 302 g/mol. The molecule has 0 saturated carbocycles. The van der Waals surface area contributed by atoms with E-state index >= 15 is 0 Å². The van der Waals surface area contributed by atoms with Crippen LogP contribution in [0.15, 0.2) is 26.9 Å². The van der Waals surface area contributed by atoms with Crippen molar-refractivity contribution >= 4 is 23.0 Å². The number of carbonyl (C=O) groups excluding carboxylic acids is 1. The van der Waals surface area contributed by atoms with Gasteiger partial charge in [0, 0.05) is 12.1 Å². The van der Waals surface area contributed by atoms with Gasteiger partial charge in [0.15, 0.2) is 11.7 Å². The Kier molecular flexibility index (Phi) is 3.55. The summed E-state index contributed by atoms with van der Waals surface area (Å²) in [7, 11) is 1.42. The highest BCUT2D eigenvalue weighted by Crippen LogP contribution is 2.40. The third kappa shape index (κ3) is 2.33. The first-order valence-electron chi connectivity index (χ1n) is 6.76.